The molecule has 1 amide bonds. The van der Waals surface area contributed by atoms with Gasteiger partial charge in [-0.05, 0) is 31.4 Å². The summed E-state index contributed by atoms with van der Waals surface area (Å²) in [6.07, 6.45) is 7.12. The molecule has 7 nitrogen and oxygen atoms in total. The predicted molar refractivity (Wildman–Crippen MR) is 90.2 cm³/mol. The summed E-state index contributed by atoms with van der Waals surface area (Å²) in [4.78, 5) is 16.8. The molecule has 0 aliphatic carbocycles. The molecule has 0 aromatic carbocycles. The van der Waals surface area contributed by atoms with Crippen LogP contribution in [0, 0.1) is 5.92 Å². The van der Waals surface area contributed by atoms with Crippen LogP contribution in [0.3, 0.4) is 0 Å². The second kappa shape index (κ2) is 7.53. The number of nitrogens with one attached hydrogen (secondary N) is 1. The van der Waals surface area contributed by atoms with Crippen molar-refractivity contribution in [2.24, 2.45) is 13.0 Å². The second-order valence-electron chi connectivity index (χ2n) is 6.19. The van der Waals surface area contributed by atoms with Gasteiger partial charge in [-0.1, -0.05) is 13.3 Å². The summed E-state index contributed by atoms with van der Waals surface area (Å²) in [7, 11) is 1.88. The number of hydrogen-bond acceptors (Lipinski definition) is 5. The Morgan fingerprint density at radius 3 is 3.12 bits per heavy atom. The molecule has 7 heteroatoms. The molecule has 1 saturated heterocycles. The predicted octanol–water partition coefficient (Wildman–Crippen LogP) is 2.41. The third-order valence-electron chi connectivity index (χ3n) is 4.33. The van der Waals surface area contributed by atoms with Gasteiger partial charge in [0.15, 0.2) is 5.82 Å². The number of carbonyl (C=O) groups excluding carboxylic acids is 1. The van der Waals surface area contributed by atoms with E-state index in [9.17, 15) is 4.79 Å². The fraction of sp³-hybridized carbons (Fsp3) is 0.529. The van der Waals surface area contributed by atoms with Crippen LogP contribution in [0.2, 0.25) is 0 Å². The molecule has 0 saturated carbocycles. The first-order valence-electron chi connectivity index (χ1n) is 8.40. The van der Waals surface area contributed by atoms with Crippen molar-refractivity contribution in [1.29, 1.82) is 0 Å². The molecule has 128 valence electrons. The van der Waals surface area contributed by atoms with Gasteiger partial charge in [-0.3, -0.25) is 4.79 Å². The first-order chi connectivity index (χ1) is 11.7. The summed E-state index contributed by atoms with van der Waals surface area (Å²) in [6.45, 7) is 2.78. The maximum absolute atomic E-state index is 12.5. The lowest BCUT2D eigenvalue weighted by atomic mass is 9.93. The summed E-state index contributed by atoms with van der Waals surface area (Å²) in [5, 5.41) is 10.9. The maximum atomic E-state index is 12.5. The van der Waals surface area contributed by atoms with E-state index in [0.29, 0.717) is 12.4 Å². The zero-order chi connectivity index (χ0) is 16.9. The number of aromatic nitrogens is 4. The van der Waals surface area contributed by atoms with Gasteiger partial charge in [0.1, 0.15) is 12.1 Å². The van der Waals surface area contributed by atoms with Crippen LogP contribution in [0.5, 0.6) is 0 Å². The van der Waals surface area contributed by atoms with E-state index in [1.54, 1.807) is 12.5 Å². The Morgan fingerprint density at radius 2 is 2.38 bits per heavy atom. The summed E-state index contributed by atoms with van der Waals surface area (Å²) in [6, 6.07) is 3.68. The van der Waals surface area contributed by atoms with Crippen molar-refractivity contribution < 1.29 is 9.53 Å². The van der Waals surface area contributed by atoms with Crippen molar-refractivity contribution in [1.82, 2.24) is 19.7 Å². The number of rotatable bonds is 5. The first-order valence-corrected chi connectivity index (χ1v) is 8.40. The monoisotopic (exact) mass is 329 g/mol. The molecular weight excluding hydrogens is 306 g/mol. The Bertz CT molecular complexity index is 698. The van der Waals surface area contributed by atoms with Crippen molar-refractivity contribution >= 4 is 11.7 Å². The van der Waals surface area contributed by atoms with Crippen molar-refractivity contribution in [3.05, 3.63) is 24.7 Å². The highest BCUT2D eigenvalue weighted by atomic mass is 16.5. The minimum absolute atomic E-state index is 0.0158. The Labute approximate surface area is 141 Å². The molecule has 0 spiro atoms. The maximum Gasteiger partial charge on any atom is 0.228 e. The molecule has 1 aliphatic heterocycles. The Hall–Kier alpha value is -2.28. The van der Waals surface area contributed by atoms with E-state index >= 15 is 0 Å². The molecule has 2 aromatic heterocycles. The van der Waals surface area contributed by atoms with Gasteiger partial charge in [0, 0.05) is 31.3 Å². The summed E-state index contributed by atoms with van der Waals surface area (Å²) < 4.78 is 7.54. The van der Waals surface area contributed by atoms with Gasteiger partial charge in [0.05, 0.1) is 6.10 Å². The molecule has 3 rings (SSSR count). The zero-order valence-corrected chi connectivity index (χ0v) is 14.1. The van der Waals surface area contributed by atoms with Crippen LogP contribution in [0.1, 0.15) is 32.6 Å². The van der Waals surface area contributed by atoms with Gasteiger partial charge in [-0.2, -0.15) is 0 Å². The van der Waals surface area contributed by atoms with E-state index in [-0.39, 0.29) is 17.9 Å². The molecule has 2 unspecified atom stereocenters. The number of amides is 1. The van der Waals surface area contributed by atoms with E-state index in [1.807, 2.05) is 23.7 Å². The lowest BCUT2D eigenvalue weighted by molar-refractivity contribution is -0.125. The van der Waals surface area contributed by atoms with Crippen molar-refractivity contribution in [2.45, 2.75) is 38.7 Å². The molecule has 1 aliphatic rings. The van der Waals surface area contributed by atoms with Crippen LogP contribution >= 0.6 is 0 Å². The third kappa shape index (κ3) is 3.79. The SMILES string of the molecule is CCCC1CC(C(=O)Nc2cc(-c3nncn3C)ccn2)CCO1. The highest BCUT2D eigenvalue weighted by molar-refractivity contribution is 5.92. The number of ether oxygens (including phenoxy) is 1. The molecule has 0 radical (unpaired) electrons. The van der Waals surface area contributed by atoms with Crippen LogP contribution in [0.15, 0.2) is 24.7 Å². The highest BCUT2D eigenvalue weighted by Gasteiger charge is 2.27. The van der Waals surface area contributed by atoms with Crippen LogP contribution in [0.25, 0.3) is 11.4 Å². The first kappa shape index (κ1) is 16.6. The number of hydrogen-bond donors (Lipinski definition) is 1. The zero-order valence-electron chi connectivity index (χ0n) is 14.1. The fourth-order valence-corrected chi connectivity index (χ4v) is 3.05. The lowest BCUT2D eigenvalue weighted by Crippen LogP contribution is -2.33. The average Bonchev–Trinajstić information content (AvgIpc) is 3.02. The molecule has 2 aromatic rings. The normalized spacial score (nSPS) is 20.8. The molecule has 1 N–H and O–H groups in total. The highest BCUT2D eigenvalue weighted by Crippen LogP contribution is 2.25. The van der Waals surface area contributed by atoms with E-state index < -0.39 is 0 Å². The van der Waals surface area contributed by atoms with E-state index in [4.69, 9.17) is 4.74 Å². The molecule has 24 heavy (non-hydrogen) atoms. The fourth-order valence-electron chi connectivity index (χ4n) is 3.05. The van der Waals surface area contributed by atoms with E-state index in [0.717, 1.165) is 37.1 Å². The second-order valence-corrected chi connectivity index (χ2v) is 6.19. The quantitative estimate of drug-likeness (QED) is 0.911. The standard InChI is InChI=1S/C17H23N5O2/c1-3-4-14-9-13(6-8-24-14)17(23)20-15-10-12(5-7-18-15)16-21-19-11-22(16)2/h5,7,10-11,13-14H,3-4,6,8-9H2,1-2H3,(H,18,20,23). The largest absolute Gasteiger partial charge is 0.378 e. The lowest BCUT2D eigenvalue weighted by Gasteiger charge is -2.28. The Morgan fingerprint density at radius 1 is 1.50 bits per heavy atom. The number of aryl methyl sites for hydroxylation is 1. The van der Waals surface area contributed by atoms with Crippen molar-refractivity contribution in [2.75, 3.05) is 11.9 Å². The van der Waals surface area contributed by atoms with E-state index in [2.05, 4.69) is 27.4 Å². The van der Waals surface area contributed by atoms with E-state index in [1.165, 1.54) is 0 Å². The number of carbonyl (C=O) groups is 1. The summed E-state index contributed by atoms with van der Waals surface area (Å²) >= 11 is 0. The van der Waals surface area contributed by atoms with Gasteiger partial charge < -0.3 is 14.6 Å². The number of nitrogens with zero attached hydrogens (tertiary/aromatic N) is 4. The molecule has 2 atom stereocenters. The van der Waals surface area contributed by atoms with Crippen LogP contribution in [0.4, 0.5) is 5.82 Å². The van der Waals surface area contributed by atoms with Gasteiger partial charge in [0.2, 0.25) is 5.91 Å². The summed E-state index contributed by atoms with van der Waals surface area (Å²) in [5.41, 5.74) is 0.871. The van der Waals surface area contributed by atoms with Gasteiger partial charge in [-0.15, -0.1) is 10.2 Å². The Balaban J connectivity index is 1.67. The molecule has 1 fully saturated rings. The van der Waals surface area contributed by atoms with Crippen molar-refractivity contribution in [3.8, 4) is 11.4 Å². The smallest absolute Gasteiger partial charge is 0.228 e. The molecule has 0 bridgehead atoms. The van der Waals surface area contributed by atoms with Gasteiger partial charge >= 0.3 is 0 Å². The van der Waals surface area contributed by atoms with Crippen molar-refractivity contribution in [3.63, 3.8) is 0 Å². The van der Waals surface area contributed by atoms with Crippen LogP contribution in [-0.4, -0.2) is 38.4 Å². The minimum atomic E-state index is -0.0180. The van der Waals surface area contributed by atoms with Gasteiger partial charge in [-0.25, -0.2) is 4.98 Å². The summed E-state index contributed by atoms with van der Waals surface area (Å²) in [5.74, 6) is 1.28. The molecular formula is C17H23N5O2. The Kier molecular flexibility index (Phi) is 5.20. The minimum Gasteiger partial charge on any atom is -0.378 e. The van der Waals surface area contributed by atoms with Gasteiger partial charge in [0.25, 0.3) is 0 Å². The van der Waals surface area contributed by atoms with Crippen LogP contribution in [-0.2, 0) is 16.6 Å². The van der Waals surface area contributed by atoms with Crippen LogP contribution < -0.4 is 5.32 Å². The third-order valence-corrected chi connectivity index (χ3v) is 4.33. The topological polar surface area (TPSA) is 81.9 Å². The molecule has 3 heterocycles. The number of pyridine rings is 1. The number of anilines is 1. The average molecular weight is 329 g/mol.